The SMILES string of the molecule is CCC(C)C1/C(C)=C(\C)C/C=C\C[C@@H]1N. The molecule has 0 aromatic carbocycles. The molecule has 1 aliphatic rings. The molecule has 2 unspecified atom stereocenters. The van der Waals surface area contributed by atoms with Gasteiger partial charge in [-0.15, -0.1) is 0 Å². The molecule has 15 heavy (non-hydrogen) atoms. The van der Waals surface area contributed by atoms with E-state index in [0.717, 1.165) is 12.8 Å². The number of rotatable bonds is 2. The van der Waals surface area contributed by atoms with Crippen LogP contribution in [0.4, 0.5) is 0 Å². The molecule has 0 spiro atoms. The maximum Gasteiger partial charge on any atom is 0.0142 e. The largest absolute Gasteiger partial charge is 0.327 e. The summed E-state index contributed by atoms with van der Waals surface area (Å²) in [6, 6.07) is 0.298. The maximum atomic E-state index is 6.29. The van der Waals surface area contributed by atoms with Gasteiger partial charge in [0.2, 0.25) is 0 Å². The summed E-state index contributed by atoms with van der Waals surface area (Å²) in [5.41, 5.74) is 9.33. The lowest BCUT2D eigenvalue weighted by atomic mass is 9.77. The normalized spacial score (nSPS) is 36.9. The van der Waals surface area contributed by atoms with Gasteiger partial charge in [-0.3, -0.25) is 0 Å². The summed E-state index contributed by atoms with van der Waals surface area (Å²) in [5, 5.41) is 0. The van der Waals surface area contributed by atoms with Crippen molar-refractivity contribution in [2.24, 2.45) is 17.6 Å². The molecule has 0 aromatic rings. The molecule has 0 aromatic heterocycles. The second kappa shape index (κ2) is 5.50. The van der Waals surface area contributed by atoms with Crippen LogP contribution in [0.5, 0.6) is 0 Å². The van der Waals surface area contributed by atoms with Gasteiger partial charge in [0.05, 0.1) is 0 Å². The van der Waals surface area contributed by atoms with Crippen LogP contribution in [0.3, 0.4) is 0 Å². The van der Waals surface area contributed by atoms with E-state index in [1.54, 1.807) is 0 Å². The first kappa shape index (κ1) is 12.5. The van der Waals surface area contributed by atoms with E-state index in [-0.39, 0.29) is 0 Å². The molecule has 1 aliphatic carbocycles. The molecular formula is C14H25N. The van der Waals surface area contributed by atoms with Crippen molar-refractivity contribution in [1.29, 1.82) is 0 Å². The zero-order chi connectivity index (χ0) is 11.4. The Morgan fingerprint density at radius 3 is 2.67 bits per heavy atom. The maximum absolute atomic E-state index is 6.29. The second-order valence-corrected chi connectivity index (χ2v) is 4.95. The zero-order valence-electron chi connectivity index (χ0n) is 10.6. The Bertz CT molecular complexity index is 263. The Labute approximate surface area is 94.4 Å². The fourth-order valence-corrected chi connectivity index (χ4v) is 2.53. The molecule has 86 valence electrons. The minimum Gasteiger partial charge on any atom is -0.327 e. The van der Waals surface area contributed by atoms with Crippen LogP contribution < -0.4 is 5.73 Å². The van der Waals surface area contributed by atoms with Gasteiger partial charge >= 0.3 is 0 Å². The van der Waals surface area contributed by atoms with E-state index in [1.807, 2.05) is 0 Å². The smallest absolute Gasteiger partial charge is 0.0142 e. The van der Waals surface area contributed by atoms with Gasteiger partial charge in [-0.2, -0.15) is 0 Å². The van der Waals surface area contributed by atoms with Gasteiger partial charge in [-0.05, 0) is 38.5 Å². The summed E-state index contributed by atoms with van der Waals surface area (Å²) in [4.78, 5) is 0. The highest BCUT2D eigenvalue weighted by atomic mass is 14.7. The van der Waals surface area contributed by atoms with Crippen LogP contribution in [0.25, 0.3) is 0 Å². The number of hydrogen-bond acceptors (Lipinski definition) is 1. The van der Waals surface area contributed by atoms with Crippen LogP contribution in [-0.4, -0.2) is 6.04 Å². The summed E-state index contributed by atoms with van der Waals surface area (Å²) >= 11 is 0. The third-order valence-corrected chi connectivity index (χ3v) is 3.89. The minimum absolute atomic E-state index is 0.298. The molecule has 0 saturated heterocycles. The molecule has 1 heteroatoms. The number of nitrogens with two attached hydrogens (primary N) is 1. The lowest BCUT2D eigenvalue weighted by Gasteiger charge is -2.31. The molecule has 0 fully saturated rings. The van der Waals surface area contributed by atoms with Crippen molar-refractivity contribution in [3.63, 3.8) is 0 Å². The Morgan fingerprint density at radius 2 is 2.07 bits per heavy atom. The Morgan fingerprint density at radius 1 is 1.40 bits per heavy atom. The monoisotopic (exact) mass is 207 g/mol. The first-order chi connectivity index (χ1) is 7.07. The fraction of sp³-hybridized carbons (Fsp3) is 0.714. The van der Waals surface area contributed by atoms with Gasteiger partial charge in [-0.1, -0.05) is 43.6 Å². The third kappa shape index (κ3) is 2.94. The van der Waals surface area contributed by atoms with Crippen molar-refractivity contribution in [3.05, 3.63) is 23.3 Å². The molecule has 0 radical (unpaired) electrons. The van der Waals surface area contributed by atoms with Crippen molar-refractivity contribution in [3.8, 4) is 0 Å². The van der Waals surface area contributed by atoms with Gasteiger partial charge in [0.25, 0.3) is 0 Å². The lowest BCUT2D eigenvalue weighted by Crippen LogP contribution is -2.35. The molecular weight excluding hydrogens is 182 g/mol. The van der Waals surface area contributed by atoms with Crippen molar-refractivity contribution in [2.45, 2.75) is 53.0 Å². The van der Waals surface area contributed by atoms with E-state index in [2.05, 4.69) is 39.8 Å². The summed E-state index contributed by atoms with van der Waals surface area (Å²) in [7, 11) is 0. The first-order valence-corrected chi connectivity index (χ1v) is 6.14. The van der Waals surface area contributed by atoms with Crippen LogP contribution in [0.15, 0.2) is 23.3 Å². The van der Waals surface area contributed by atoms with Crippen LogP contribution >= 0.6 is 0 Å². The highest BCUT2D eigenvalue weighted by molar-refractivity contribution is 5.20. The van der Waals surface area contributed by atoms with Gasteiger partial charge in [0.1, 0.15) is 0 Å². The van der Waals surface area contributed by atoms with Crippen molar-refractivity contribution in [1.82, 2.24) is 0 Å². The first-order valence-electron chi connectivity index (χ1n) is 6.14. The quantitative estimate of drug-likeness (QED) is 0.687. The molecule has 0 amide bonds. The van der Waals surface area contributed by atoms with Crippen LogP contribution in [-0.2, 0) is 0 Å². The highest BCUT2D eigenvalue weighted by Gasteiger charge is 2.25. The average Bonchev–Trinajstić information content (AvgIpc) is 2.22. The summed E-state index contributed by atoms with van der Waals surface area (Å²) in [5.74, 6) is 1.27. The molecule has 0 bridgehead atoms. The van der Waals surface area contributed by atoms with E-state index in [9.17, 15) is 0 Å². The Hall–Kier alpha value is -0.560. The average molecular weight is 207 g/mol. The molecule has 2 N–H and O–H groups in total. The summed E-state index contributed by atoms with van der Waals surface area (Å²) < 4.78 is 0. The Kier molecular flexibility index (Phi) is 4.59. The van der Waals surface area contributed by atoms with Crippen LogP contribution in [0, 0.1) is 11.8 Å². The minimum atomic E-state index is 0.298. The summed E-state index contributed by atoms with van der Waals surface area (Å²) in [6.45, 7) is 9.10. The molecule has 1 rings (SSSR count). The van der Waals surface area contributed by atoms with E-state index in [4.69, 9.17) is 5.73 Å². The van der Waals surface area contributed by atoms with Gasteiger partial charge in [-0.25, -0.2) is 0 Å². The fourth-order valence-electron chi connectivity index (χ4n) is 2.53. The van der Waals surface area contributed by atoms with Gasteiger partial charge in [0, 0.05) is 6.04 Å². The predicted molar refractivity (Wildman–Crippen MR) is 67.7 cm³/mol. The molecule has 0 aliphatic heterocycles. The highest BCUT2D eigenvalue weighted by Crippen LogP contribution is 2.31. The third-order valence-electron chi connectivity index (χ3n) is 3.89. The zero-order valence-corrected chi connectivity index (χ0v) is 10.6. The van der Waals surface area contributed by atoms with E-state index >= 15 is 0 Å². The molecule has 0 heterocycles. The van der Waals surface area contributed by atoms with E-state index < -0.39 is 0 Å². The predicted octanol–water partition coefficient (Wildman–Crippen LogP) is 3.66. The van der Waals surface area contributed by atoms with Gasteiger partial charge < -0.3 is 5.73 Å². The van der Waals surface area contributed by atoms with Crippen molar-refractivity contribution < 1.29 is 0 Å². The lowest BCUT2D eigenvalue weighted by molar-refractivity contribution is 0.333. The van der Waals surface area contributed by atoms with Crippen LogP contribution in [0.1, 0.15) is 47.0 Å². The summed E-state index contributed by atoms with van der Waals surface area (Å²) in [6.07, 6.45) is 7.85. The van der Waals surface area contributed by atoms with E-state index in [0.29, 0.717) is 17.9 Å². The van der Waals surface area contributed by atoms with E-state index in [1.165, 1.54) is 17.6 Å². The molecule has 3 atom stereocenters. The molecule has 1 nitrogen and oxygen atoms in total. The van der Waals surface area contributed by atoms with Crippen molar-refractivity contribution in [2.75, 3.05) is 0 Å². The van der Waals surface area contributed by atoms with Crippen molar-refractivity contribution >= 4 is 0 Å². The molecule has 0 saturated carbocycles. The second-order valence-electron chi connectivity index (χ2n) is 4.95. The van der Waals surface area contributed by atoms with Crippen LogP contribution in [0.2, 0.25) is 0 Å². The standard InChI is InChI=1S/C14H25N/c1-5-10(2)14-12(4)11(3)8-6-7-9-13(14)15/h6-7,10,13-14H,5,8-9,15H2,1-4H3/b7-6-,12-11+/t10?,13-,14?/m0/s1. The number of hydrogen-bond donors (Lipinski definition) is 1. The number of allylic oxidation sites excluding steroid dienone is 2. The van der Waals surface area contributed by atoms with Gasteiger partial charge in [0.15, 0.2) is 0 Å². The topological polar surface area (TPSA) is 26.0 Å². The Balaban J connectivity index is 2.96.